The van der Waals surface area contributed by atoms with Gasteiger partial charge < -0.3 is 15.1 Å². The summed E-state index contributed by atoms with van der Waals surface area (Å²) in [6, 6.07) is 8.56. The van der Waals surface area contributed by atoms with Gasteiger partial charge in [-0.15, -0.1) is 0 Å². The lowest BCUT2D eigenvalue weighted by Gasteiger charge is -2.25. The Kier molecular flexibility index (Phi) is 3.57. The number of rotatable bonds is 2. The molecule has 118 valence electrons. The number of hydrogen-bond acceptors (Lipinski definition) is 3. The number of carbonyl (C=O) groups excluding carboxylic acids is 1. The first kappa shape index (κ1) is 14.1. The van der Waals surface area contributed by atoms with Crippen LogP contribution in [0.3, 0.4) is 0 Å². The molecule has 0 radical (unpaired) electrons. The second kappa shape index (κ2) is 5.58. The molecule has 22 heavy (non-hydrogen) atoms. The van der Waals surface area contributed by atoms with E-state index in [1.807, 2.05) is 0 Å². The fraction of sp³-hybridized carbons (Fsp3) is 0.611. The number of carbonyl (C=O) groups is 1. The van der Waals surface area contributed by atoms with Gasteiger partial charge in [-0.3, -0.25) is 4.79 Å². The van der Waals surface area contributed by atoms with Crippen LogP contribution in [0.25, 0.3) is 0 Å². The van der Waals surface area contributed by atoms with Gasteiger partial charge in [-0.05, 0) is 49.9 Å². The summed E-state index contributed by atoms with van der Waals surface area (Å²) in [6.07, 6.45) is 1.07. The minimum absolute atomic E-state index is 0.325. The molecule has 1 saturated carbocycles. The van der Waals surface area contributed by atoms with E-state index in [2.05, 4.69) is 46.3 Å². The Bertz CT molecular complexity index is 563. The maximum absolute atomic E-state index is 12.7. The number of nitrogens with zero attached hydrogens (tertiary/aromatic N) is 2. The van der Waals surface area contributed by atoms with Crippen LogP contribution in [0.1, 0.15) is 12.0 Å². The smallest absolute Gasteiger partial charge is 0.226 e. The molecule has 2 heterocycles. The Hall–Kier alpha value is -1.55. The van der Waals surface area contributed by atoms with Gasteiger partial charge in [-0.1, -0.05) is 18.2 Å². The molecule has 0 bridgehead atoms. The lowest BCUT2D eigenvalue weighted by molar-refractivity contribution is -0.133. The molecule has 3 fully saturated rings. The molecule has 4 nitrogen and oxygen atoms in total. The summed E-state index contributed by atoms with van der Waals surface area (Å²) in [4.78, 5) is 17.3. The minimum Gasteiger partial charge on any atom is -0.369 e. The molecule has 2 saturated heterocycles. The Morgan fingerprint density at radius 3 is 2.64 bits per heavy atom. The van der Waals surface area contributed by atoms with Gasteiger partial charge in [0.15, 0.2) is 0 Å². The Labute approximate surface area is 132 Å². The van der Waals surface area contributed by atoms with E-state index in [4.69, 9.17) is 0 Å². The maximum Gasteiger partial charge on any atom is 0.226 e. The van der Waals surface area contributed by atoms with E-state index in [-0.39, 0.29) is 0 Å². The number of piperidine rings is 1. The zero-order valence-corrected chi connectivity index (χ0v) is 13.3. The Balaban J connectivity index is 1.40. The van der Waals surface area contributed by atoms with Gasteiger partial charge in [0.2, 0.25) is 5.91 Å². The van der Waals surface area contributed by atoms with Crippen molar-refractivity contribution in [2.45, 2.75) is 13.3 Å². The summed E-state index contributed by atoms with van der Waals surface area (Å²) in [7, 11) is 0. The molecule has 0 spiro atoms. The predicted molar refractivity (Wildman–Crippen MR) is 87.9 cm³/mol. The van der Waals surface area contributed by atoms with Crippen LogP contribution in [0.15, 0.2) is 24.3 Å². The van der Waals surface area contributed by atoms with Crippen LogP contribution in [0, 0.1) is 24.7 Å². The fourth-order valence-electron chi connectivity index (χ4n) is 4.29. The molecule has 1 N–H and O–H groups in total. The molecular formula is C18H25N3O. The number of anilines is 1. The van der Waals surface area contributed by atoms with Crippen molar-refractivity contribution in [3.05, 3.63) is 29.8 Å². The standard InChI is InChI=1S/C18H25N3O/c1-13-5-2-3-6-16(13)20-7-4-8-21(10-9-20)18(22)17-14-11-19-12-15(14)17/h2-3,5-6,14-15,17,19H,4,7-12H2,1H3/t14-,15+,17?. The van der Waals surface area contributed by atoms with Gasteiger partial charge in [0.25, 0.3) is 0 Å². The van der Waals surface area contributed by atoms with Crippen molar-refractivity contribution in [3.8, 4) is 0 Å². The second-order valence-electron chi connectivity index (χ2n) is 6.96. The zero-order chi connectivity index (χ0) is 15.1. The van der Waals surface area contributed by atoms with Crippen molar-refractivity contribution < 1.29 is 4.79 Å². The van der Waals surface area contributed by atoms with Gasteiger partial charge in [0.05, 0.1) is 0 Å². The third kappa shape index (κ3) is 2.39. The molecule has 2 aliphatic heterocycles. The monoisotopic (exact) mass is 299 g/mol. The average molecular weight is 299 g/mol. The third-order valence-corrected chi connectivity index (χ3v) is 5.64. The molecule has 1 aliphatic carbocycles. The maximum atomic E-state index is 12.7. The Morgan fingerprint density at radius 2 is 1.86 bits per heavy atom. The van der Waals surface area contributed by atoms with Crippen molar-refractivity contribution in [2.24, 2.45) is 17.8 Å². The number of amides is 1. The highest BCUT2D eigenvalue weighted by Crippen LogP contribution is 2.49. The largest absolute Gasteiger partial charge is 0.369 e. The van der Waals surface area contributed by atoms with Crippen LogP contribution >= 0.6 is 0 Å². The summed E-state index contributed by atoms with van der Waals surface area (Å²) in [6.45, 7) is 8.06. The van der Waals surface area contributed by atoms with Gasteiger partial charge in [0, 0.05) is 37.8 Å². The summed E-state index contributed by atoms with van der Waals surface area (Å²) in [5, 5.41) is 3.38. The topological polar surface area (TPSA) is 35.6 Å². The molecule has 0 aromatic heterocycles. The van der Waals surface area contributed by atoms with Crippen molar-refractivity contribution in [1.82, 2.24) is 10.2 Å². The van der Waals surface area contributed by atoms with Crippen molar-refractivity contribution >= 4 is 11.6 Å². The second-order valence-corrected chi connectivity index (χ2v) is 6.96. The lowest BCUT2D eigenvalue weighted by Crippen LogP contribution is -2.38. The summed E-state index contributed by atoms with van der Waals surface area (Å²) in [5.41, 5.74) is 2.65. The SMILES string of the molecule is Cc1ccccc1N1CCCN(C(=O)C2[C@H]3CNC[C@@H]23)CC1. The minimum atomic E-state index is 0.325. The van der Waals surface area contributed by atoms with Crippen LogP contribution in [-0.2, 0) is 4.79 Å². The molecule has 1 aromatic carbocycles. The van der Waals surface area contributed by atoms with E-state index in [9.17, 15) is 4.79 Å². The molecule has 1 amide bonds. The first-order valence-electron chi connectivity index (χ1n) is 8.56. The van der Waals surface area contributed by atoms with Crippen LogP contribution < -0.4 is 10.2 Å². The average Bonchev–Trinajstić information content (AvgIpc) is 3.12. The van der Waals surface area contributed by atoms with E-state index in [0.29, 0.717) is 23.7 Å². The van der Waals surface area contributed by atoms with Crippen LogP contribution in [0.2, 0.25) is 0 Å². The van der Waals surface area contributed by atoms with E-state index in [1.165, 1.54) is 11.3 Å². The van der Waals surface area contributed by atoms with Crippen LogP contribution in [-0.4, -0.2) is 50.1 Å². The van der Waals surface area contributed by atoms with Crippen molar-refractivity contribution in [3.63, 3.8) is 0 Å². The highest BCUT2D eigenvalue weighted by molar-refractivity contribution is 5.83. The molecule has 4 heteroatoms. The molecule has 3 atom stereocenters. The number of benzene rings is 1. The molecular weight excluding hydrogens is 274 g/mol. The van der Waals surface area contributed by atoms with Gasteiger partial charge in [0.1, 0.15) is 0 Å². The number of aryl methyl sites for hydroxylation is 1. The van der Waals surface area contributed by atoms with Crippen LogP contribution in [0.5, 0.6) is 0 Å². The number of para-hydroxylation sites is 1. The van der Waals surface area contributed by atoms with Gasteiger partial charge >= 0.3 is 0 Å². The predicted octanol–water partition coefficient (Wildman–Crippen LogP) is 1.50. The first-order valence-corrected chi connectivity index (χ1v) is 8.56. The van der Waals surface area contributed by atoms with E-state index >= 15 is 0 Å². The van der Waals surface area contributed by atoms with Crippen molar-refractivity contribution in [2.75, 3.05) is 44.2 Å². The third-order valence-electron chi connectivity index (χ3n) is 5.64. The number of nitrogens with one attached hydrogen (secondary N) is 1. The summed E-state index contributed by atoms with van der Waals surface area (Å²) >= 11 is 0. The number of hydrogen-bond donors (Lipinski definition) is 1. The normalized spacial score (nSPS) is 30.9. The van der Waals surface area contributed by atoms with Gasteiger partial charge in [-0.25, -0.2) is 0 Å². The molecule has 1 aromatic rings. The highest BCUT2D eigenvalue weighted by Gasteiger charge is 2.57. The molecule has 4 rings (SSSR count). The summed E-state index contributed by atoms with van der Waals surface area (Å²) < 4.78 is 0. The van der Waals surface area contributed by atoms with Crippen molar-refractivity contribution in [1.29, 1.82) is 0 Å². The zero-order valence-electron chi connectivity index (χ0n) is 13.3. The highest BCUT2D eigenvalue weighted by atomic mass is 16.2. The van der Waals surface area contributed by atoms with E-state index in [0.717, 1.165) is 45.7 Å². The quantitative estimate of drug-likeness (QED) is 0.899. The van der Waals surface area contributed by atoms with Crippen LogP contribution in [0.4, 0.5) is 5.69 Å². The summed E-state index contributed by atoms with van der Waals surface area (Å²) in [5.74, 6) is 2.00. The van der Waals surface area contributed by atoms with Gasteiger partial charge in [-0.2, -0.15) is 0 Å². The molecule has 3 aliphatic rings. The first-order chi connectivity index (χ1) is 10.8. The fourth-order valence-corrected chi connectivity index (χ4v) is 4.29. The molecule has 1 unspecified atom stereocenters. The Morgan fingerprint density at radius 1 is 1.09 bits per heavy atom. The van der Waals surface area contributed by atoms with E-state index in [1.54, 1.807) is 0 Å². The van der Waals surface area contributed by atoms with E-state index < -0.39 is 0 Å². The lowest BCUT2D eigenvalue weighted by atomic mass is 10.2. The number of fused-ring (bicyclic) bond motifs is 1.